The van der Waals surface area contributed by atoms with Crippen molar-refractivity contribution in [2.45, 2.75) is 64.6 Å². The van der Waals surface area contributed by atoms with E-state index >= 15 is 0 Å². The van der Waals surface area contributed by atoms with Gasteiger partial charge in [-0.05, 0) is 56.5 Å². The molecule has 1 N–H and O–H groups in total. The van der Waals surface area contributed by atoms with Crippen LogP contribution in [-0.2, 0) is 26.2 Å². The molecule has 0 saturated heterocycles. The van der Waals surface area contributed by atoms with Gasteiger partial charge in [-0.15, -0.1) is 0 Å². The fourth-order valence-corrected chi connectivity index (χ4v) is 6.02. The first-order valence-corrected chi connectivity index (χ1v) is 15.3. The highest BCUT2D eigenvalue weighted by atomic mass is 79.9. The number of hydrogen-bond donors (Lipinski definition) is 1. The van der Waals surface area contributed by atoms with E-state index in [-0.39, 0.29) is 31.0 Å². The average Bonchev–Trinajstić information content (AvgIpc) is 3.39. The molecule has 2 amide bonds. The average molecular weight is 609 g/mol. The zero-order chi connectivity index (χ0) is 27.3. The van der Waals surface area contributed by atoms with E-state index in [4.69, 9.17) is 9.47 Å². The summed E-state index contributed by atoms with van der Waals surface area (Å²) in [6.45, 7) is 2.97. The molecule has 1 unspecified atom stereocenters. The second kappa shape index (κ2) is 12.4. The van der Waals surface area contributed by atoms with Crippen molar-refractivity contribution in [3.63, 3.8) is 0 Å². The van der Waals surface area contributed by atoms with E-state index in [2.05, 4.69) is 21.2 Å². The molecule has 4 rings (SSSR count). The minimum atomic E-state index is -3.82. The molecule has 11 heteroatoms. The molecule has 0 bridgehead atoms. The Morgan fingerprint density at radius 2 is 1.74 bits per heavy atom. The van der Waals surface area contributed by atoms with Crippen LogP contribution in [0.1, 0.15) is 51.5 Å². The molecular formula is C27H34BrN3O6S. The van der Waals surface area contributed by atoms with Crippen molar-refractivity contribution < 1.29 is 27.5 Å². The standard InChI is InChI=1S/C27H34BrN3O6S/c1-3-38(34,35)31(23-13-14-24-25(15-23)37-18-36-24)17-26(32)30(16-20-9-11-21(28)12-10-20)19(2)27(33)29-22-7-5-4-6-8-22/h9-15,19,22H,3-8,16-18H2,1-2H3,(H,29,33). The normalized spacial score (nSPS) is 16.1. The molecule has 1 saturated carbocycles. The summed E-state index contributed by atoms with van der Waals surface area (Å²) in [5.74, 6) is 0.0142. The third-order valence-corrected chi connectivity index (χ3v) is 9.28. The van der Waals surface area contributed by atoms with Gasteiger partial charge >= 0.3 is 0 Å². The Bertz CT molecular complexity index is 1250. The Kier molecular flexibility index (Phi) is 9.19. The molecule has 38 heavy (non-hydrogen) atoms. The fourth-order valence-electron chi connectivity index (χ4n) is 4.70. The van der Waals surface area contributed by atoms with E-state index in [0.29, 0.717) is 17.2 Å². The zero-order valence-electron chi connectivity index (χ0n) is 21.7. The van der Waals surface area contributed by atoms with Crippen molar-refractivity contribution in [3.8, 4) is 11.5 Å². The molecule has 0 aromatic heterocycles. The maximum Gasteiger partial charge on any atom is 0.244 e. The van der Waals surface area contributed by atoms with Crippen LogP contribution in [0.4, 0.5) is 5.69 Å². The number of anilines is 1. The molecule has 1 atom stereocenters. The lowest BCUT2D eigenvalue weighted by Crippen LogP contribution is -2.53. The van der Waals surface area contributed by atoms with Crippen LogP contribution in [-0.4, -0.2) is 56.3 Å². The van der Waals surface area contributed by atoms with E-state index in [1.54, 1.807) is 25.1 Å². The molecule has 2 aromatic carbocycles. The van der Waals surface area contributed by atoms with Crippen molar-refractivity contribution in [1.29, 1.82) is 0 Å². The monoisotopic (exact) mass is 607 g/mol. The van der Waals surface area contributed by atoms with Crippen LogP contribution < -0.4 is 19.1 Å². The van der Waals surface area contributed by atoms with E-state index in [0.717, 1.165) is 46.4 Å². The highest BCUT2D eigenvalue weighted by Crippen LogP contribution is 2.36. The summed E-state index contributed by atoms with van der Waals surface area (Å²) in [6.07, 6.45) is 5.15. The summed E-state index contributed by atoms with van der Waals surface area (Å²) in [4.78, 5) is 28.5. The van der Waals surface area contributed by atoms with E-state index < -0.39 is 28.5 Å². The van der Waals surface area contributed by atoms with Gasteiger partial charge in [0.1, 0.15) is 12.6 Å². The Morgan fingerprint density at radius 1 is 1.05 bits per heavy atom. The van der Waals surface area contributed by atoms with Crippen molar-refractivity contribution in [2.75, 3.05) is 23.4 Å². The van der Waals surface area contributed by atoms with Gasteiger partial charge in [0.05, 0.1) is 11.4 Å². The van der Waals surface area contributed by atoms with Crippen LogP contribution in [0.2, 0.25) is 0 Å². The van der Waals surface area contributed by atoms with Crippen molar-refractivity contribution in [3.05, 3.63) is 52.5 Å². The summed E-state index contributed by atoms with van der Waals surface area (Å²) < 4.78 is 39.0. The first-order valence-electron chi connectivity index (χ1n) is 12.9. The zero-order valence-corrected chi connectivity index (χ0v) is 24.1. The quantitative estimate of drug-likeness (QED) is 0.434. The Morgan fingerprint density at radius 3 is 2.42 bits per heavy atom. The van der Waals surface area contributed by atoms with Crippen LogP contribution in [0, 0.1) is 0 Å². The van der Waals surface area contributed by atoms with Crippen LogP contribution in [0.25, 0.3) is 0 Å². The molecule has 0 spiro atoms. The minimum absolute atomic E-state index is 0.0484. The summed E-state index contributed by atoms with van der Waals surface area (Å²) in [7, 11) is -3.82. The number of rotatable bonds is 10. The SMILES string of the molecule is CCS(=O)(=O)N(CC(=O)N(Cc1ccc(Br)cc1)C(C)C(=O)NC1CCCCC1)c1ccc2c(c1)OCO2. The highest BCUT2D eigenvalue weighted by Gasteiger charge is 2.32. The first-order chi connectivity index (χ1) is 18.2. The first kappa shape index (κ1) is 28.2. The van der Waals surface area contributed by atoms with Crippen LogP contribution in [0.3, 0.4) is 0 Å². The molecular weight excluding hydrogens is 574 g/mol. The van der Waals surface area contributed by atoms with Crippen LogP contribution >= 0.6 is 15.9 Å². The van der Waals surface area contributed by atoms with Gasteiger partial charge in [-0.2, -0.15) is 0 Å². The van der Waals surface area contributed by atoms with Gasteiger partial charge in [-0.1, -0.05) is 47.3 Å². The predicted octanol–water partition coefficient (Wildman–Crippen LogP) is 4.20. The third-order valence-electron chi connectivity index (χ3n) is 7.01. The van der Waals surface area contributed by atoms with Crippen molar-refractivity contribution >= 4 is 43.5 Å². The fraction of sp³-hybridized carbons (Fsp3) is 0.481. The van der Waals surface area contributed by atoms with Crippen LogP contribution in [0.5, 0.6) is 11.5 Å². The topological polar surface area (TPSA) is 105 Å². The number of nitrogens with one attached hydrogen (secondary N) is 1. The van der Waals surface area contributed by atoms with Crippen molar-refractivity contribution in [1.82, 2.24) is 10.2 Å². The van der Waals surface area contributed by atoms with E-state index in [1.807, 2.05) is 24.3 Å². The molecule has 2 aliphatic rings. The number of halogens is 1. The Hall–Kier alpha value is -2.79. The number of fused-ring (bicyclic) bond motifs is 1. The van der Waals surface area contributed by atoms with Gasteiger partial charge in [0.15, 0.2) is 11.5 Å². The molecule has 206 valence electrons. The molecule has 1 aliphatic carbocycles. The number of sulfonamides is 1. The summed E-state index contributed by atoms with van der Waals surface area (Å²) >= 11 is 3.42. The minimum Gasteiger partial charge on any atom is -0.454 e. The maximum absolute atomic E-state index is 13.8. The smallest absolute Gasteiger partial charge is 0.244 e. The lowest BCUT2D eigenvalue weighted by atomic mass is 9.95. The Balaban J connectivity index is 1.60. The summed E-state index contributed by atoms with van der Waals surface area (Å²) in [5.41, 5.74) is 1.12. The largest absolute Gasteiger partial charge is 0.454 e. The van der Waals surface area contributed by atoms with Crippen LogP contribution in [0.15, 0.2) is 46.9 Å². The predicted molar refractivity (Wildman–Crippen MR) is 149 cm³/mol. The number of ether oxygens (including phenoxy) is 2. The second-order valence-electron chi connectivity index (χ2n) is 9.61. The Labute approximate surface area is 232 Å². The number of nitrogens with zero attached hydrogens (tertiary/aromatic N) is 2. The van der Waals surface area contributed by atoms with E-state index in [1.165, 1.54) is 11.8 Å². The molecule has 9 nitrogen and oxygen atoms in total. The molecule has 2 aromatic rings. The maximum atomic E-state index is 13.8. The van der Waals surface area contributed by atoms with Gasteiger partial charge in [0, 0.05) is 23.1 Å². The highest BCUT2D eigenvalue weighted by molar-refractivity contribution is 9.10. The van der Waals surface area contributed by atoms with E-state index in [9.17, 15) is 18.0 Å². The molecule has 1 fully saturated rings. The van der Waals surface area contributed by atoms with Gasteiger partial charge in [0.2, 0.25) is 28.6 Å². The lowest BCUT2D eigenvalue weighted by Gasteiger charge is -2.33. The van der Waals surface area contributed by atoms with Gasteiger partial charge < -0.3 is 19.7 Å². The molecule has 1 heterocycles. The number of carbonyl (C=O) groups excluding carboxylic acids is 2. The summed E-state index contributed by atoms with van der Waals surface area (Å²) in [5, 5.41) is 3.10. The molecule has 1 aliphatic heterocycles. The third kappa shape index (κ3) is 6.79. The molecule has 0 radical (unpaired) electrons. The number of hydrogen-bond acceptors (Lipinski definition) is 6. The second-order valence-corrected chi connectivity index (χ2v) is 12.7. The van der Waals surface area contributed by atoms with Gasteiger partial charge in [0.25, 0.3) is 0 Å². The van der Waals surface area contributed by atoms with Gasteiger partial charge in [-0.25, -0.2) is 8.42 Å². The van der Waals surface area contributed by atoms with Crippen molar-refractivity contribution in [2.24, 2.45) is 0 Å². The number of carbonyl (C=O) groups is 2. The number of amides is 2. The lowest BCUT2D eigenvalue weighted by molar-refractivity contribution is -0.139. The summed E-state index contributed by atoms with van der Waals surface area (Å²) in [6, 6.07) is 11.5. The number of benzene rings is 2. The van der Waals surface area contributed by atoms with Gasteiger partial charge in [-0.3, -0.25) is 13.9 Å².